The van der Waals surface area contributed by atoms with Crippen LogP contribution in [0.25, 0.3) is 0 Å². The highest BCUT2D eigenvalue weighted by Gasteiger charge is 2.27. The van der Waals surface area contributed by atoms with Crippen molar-refractivity contribution in [3.05, 3.63) is 51.9 Å². The van der Waals surface area contributed by atoms with Gasteiger partial charge < -0.3 is 13.9 Å². The van der Waals surface area contributed by atoms with E-state index in [0.29, 0.717) is 16.7 Å². The Morgan fingerprint density at radius 2 is 2.21 bits per heavy atom. The number of hydrogen-bond acceptors (Lipinski definition) is 4. The van der Waals surface area contributed by atoms with Crippen molar-refractivity contribution in [2.24, 2.45) is 0 Å². The van der Waals surface area contributed by atoms with Crippen molar-refractivity contribution in [1.82, 2.24) is 0 Å². The van der Waals surface area contributed by atoms with Crippen LogP contribution in [0, 0.1) is 0 Å². The van der Waals surface area contributed by atoms with Gasteiger partial charge in [-0.3, -0.25) is 0 Å². The van der Waals surface area contributed by atoms with E-state index in [0.717, 1.165) is 17.1 Å². The quantitative estimate of drug-likeness (QED) is 0.794. The van der Waals surface area contributed by atoms with E-state index >= 15 is 0 Å². The van der Waals surface area contributed by atoms with E-state index in [1.54, 1.807) is 18.2 Å². The zero-order chi connectivity index (χ0) is 13.4. The highest BCUT2D eigenvalue weighted by Crippen LogP contribution is 2.38. The SMILES string of the molecule is COC(=O)c1ccc2c(c1)CC(c1ccc(Br)o1)O2. The number of fused-ring (bicyclic) bond motifs is 1. The number of halogens is 1. The zero-order valence-corrected chi connectivity index (χ0v) is 11.8. The van der Waals surface area contributed by atoms with E-state index in [1.165, 1.54) is 7.11 Å². The summed E-state index contributed by atoms with van der Waals surface area (Å²) in [4.78, 5) is 11.5. The van der Waals surface area contributed by atoms with E-state index in [4.69, 9.17) is 13.9 Å². The van der Waals surface area contributed by atoms with Crippen LogP contribution in [0.4, 0.5) is 0 Å². The van der Waals surface area contributed by atoms with Crippen molar-refractivity contribution in [2.75, 3.05) is 7.11 Å². The lowest BCUT2D eigenvalue weighted by molar-refractivity contribution is 0.0600. The van der Waals surface area contributed by atoms with E-state index < -0.39 is 0 Å². The molecule has 0 amide bonds. The summed E-state index contributed by atoms with van der Waals surface area (Å²) in [7, 11) is 1.37. The summed E-state index contributed by atoms with van der Waals surface area (Å²) in [6.45, 7) is 0. The van der Waals surface area contributed by atoms with Crippen molar-refractivity contribution in [2.45, 2.75) is 12.5 Å². The van der Waals surface area contributed by atoms with Crippen LogP contribution >= 0.6 is 15.9 Å². The van der Waals surface area contributed by atoms with Crippen LogP contribution in [0.3, 0.4) is 0 Å². The molecule has 2 heterocycles. The maximum Gasteiger partial charge on any atom is 0.337 e. The molecule has 2 aromatic rings. The molecule has 4 nitrogen and oxygen atoms in total. The fourth-order valence-corrected chi connectivity index (χ4v) is 2.47. The Hall–Kier alpha value is -1.75. The zero-order valence-electron chi connectivity index (χ0n) is 10.2. The van der Waals surface area contributed by atoms with E-state index in [1.807, 2.05) is 12.1 Å². The molecule has 1 aromatic carbocycles. The molecule has 5 heteroatoms. The summed E-state index contributed by atoms with van der Waals surface area (Å²) in [6.07, 6.45) is 0.536. The molecule has 0 bridgehead atoms. The summed E-state index contributed by atoms with van der Waals surface area (Å²) in [5, 5.41) is 0. The Morgan fingerprint density at radius 1 is 1.37 bits per heavy atom. The van der Waals surface area contributed by atoms with Gasteiger partial charge in [0.25, 0.3) is 0 Å². The van der Waals surface area contributed by atoms with Crippen LogP contribution < -0.4 is 4.74 Å². The average Bonchev–Trinajstić information content (AvgIpc) is 3.02. The predicted molar refractivity (Wildman–Crippen MR) is 71.3 cm³/mol. The lowest BCUT2D eigenvalue weighted by atomic mass is 10.1. The molecule has 0 aliphatic carbocycles. The summed E-state index contributed by atoms with van der Waals surface area (Å²) in [6, 6.07) is 9.01. The topological polar surface area (TPSA) is 48.7 Å². The monoisotopic (exact) mass is 322 g/mol. The number of furan rings is 1. The Kier molecular flexibility index (Phi) is 3.06. The molecule has 3 rings (SSSR count). The number of hydrogen-bond donors (Lipinski definition) is 0. The van der Waals surface area contributed by atoms with Gasteiger partial charge in [0.2, 0.25) is 0 Å². The van der Waals surface area contributed by atoms with Gasteiger partial charge in [-0.25, -0.2) is 4.79 Å². The highest BCUT2D eigenvalue weighted by molar-refractivity contribution is 9.10. The van der Waals surface area contributed by atoms with E-state index in [-0.39, 0.29) is 12.1 Å². The second-order valence-corrected chi connectivity index (χ2v) is 5.05. The van der Waals surface area contributed by atoms with Crippen LogP contribution in [0.2, 0.25) is 0 Å². The van der Waals surface area contributed by atoms with Crippen LogP contribution in [0.1, 0.15) is 27.8 Å². The molecule has 0 spiro atoms. The summed E-state index contributed by atoms with van der Waals surface area (Å²) in [5.74, 6) is 1.21. The van der Waals surface area contributed by atoms with Crippen molar-refractivity contribution in [3.8, 4) is 5.75 Å². The molecule has 0 saturated carbocycles. The summed E-state index contributed by atoms with van der Waals surface area (Å²) >= 11 is 3.27. The molecule has 0 fully saturated rings. The van der Waals surface area contributed by atoms with Gasteiger partial charge in [-0.2, -0.15) is 0 Å². The molecule has 1 aliphatic rings. The van der Waals surface area contributed by atoms with Gasteiger partial charge in [0.05, 0.1) is 12.7 Å². The standard InChI is InChI=1S/C14H11BrO4/c1-17-14(16)8-2-3-10-9(6-8)7-12(18-10)11-4-5-13(15)19-11/h2-6,12H,7H2,1H3. The molecule has 19 heavy (non-hydrogen) atoms. The third-order valence-electron chi connectivity index (χ3n) is 3.07. The number of methoxy groups -OCH3 is 1. The number of carbonyl (C=O) groups excluding carboxylic acids is 1. The lowest BCUT2D eigenvalue weighted by Gasteiger charge is -2.06. The van der Waals surface area contributed by atoms with Gasteiger partial charge in [-0.1, -0.05) is 0 Å². The predicted octanol–water partition coefficient (Wildman–Crippen LogP) is 3.50. The highest BCUT2D eigenvalue weighted by atomic mass is 79.9. The largest absolute Gasteiger partial charge is 0.482 e. The Morgan fingerprint density at radius 3 is 2.89 bits per heavy atom. The van der Waals surface area contributed by atoms with Crippen molar-refractivity contribution in [1.29, 1.82) is 0 Å². The van der Waals surface area contributed by atoms with Crippen LogP contribution in [-0.4, -0.2) is 13.1 Å². The first kappa shape index (κ1) is 12.3. The third-order valence-corrected chi connectivity index (χ3v) is 3.49. The van der Waals surface area contributed by atoms with E-state index in [2.05, 4.69) is 15.9 Å². The maximum atomic E-state index is 11.5. The Balaban J connectivity index is 1.86. The van der Waals surface area contributed by atoms with Gasteiger partial charge in [0.1, 0.15) is 11.5 Å². The summed E-state index contributed by atoms with van der Waals surface area (Å²) in [5.41, 5.74) is 1.52. The molecule has 1 unspecified atom stereocenters. The van der Waals surface area contributed by atoms with Gasteiger partial charge in [0.15, 0.2) is 10.8 Å². The van der Waals surface area contributed by atoms with Crippen molar-refractivity contribution < 1.29 is 18.7 Å². The Labute approximate surface area is 118 Å². The minimum Gasteiger partial charge on any atom is -0.482 e. The minimum atomic E-state index is -0.341. The number of benzene rings is 1. The average molecular weight is 323 g/mol. The fraction of sp³-hybridized carbons (Fsp3) is 0.214. The number of ether oxygens (including phenoxy) is 2. The molecular weight excluding hydrogens is 312 g/mol. The molecule has 98 valence electrons. The first-order valence-corrected chi connectivity index (χ1v) is 6.60. The first-order valence-electron chi connectivity index (χ1n) is 5.80. The van der Waals surface area contributed by atoms with Gasteiger partial charge in [-0.15, -0.1) is 0 Å². The molecule has 1 aliphatic heterocycles. The number of rotatable bonds is 2. The van der Waals surface area contributed by atoms with Gasteiger partial charge >= 0.3 is 5.97 Å². The molecule has 0 N–H and O–H groups in total. The van der Waals surface area contributed by atoms with E-state index in [9.17, 15) is 4.79 Å². The molecule has 1 aromatic heterocycles. The van der Waals surface area contributed by atoms with Crippen molar-refractivity contribution in [3.63, 3.8) is 0 Å². The third kappa shape index (κ3) is 2.26. The second kappa shape index (κ2) is 4.74. The van der Waals surface area contributed by atoms with Crippen LogP contribution in [0.5, 0.6) is 5.75 Å². The first-order chi connectivity index (χ1) is 9.17. The Bertz CT molecular complexity index is 632. The lowest BCUT2D eigenvalue weighted by Crippen LogP contribution is -2.01. The van der Waals surface area contributed by atoms with Gasteiger partial charge in [0, 0.05) is 6.42 Å². The smallest absolute Gasteiger partial charge is 0.337 e. The summed E-state index contributed by atoms with van der Waals surface area (Å²) < 4.78 is 16.7. The van der Waals surface area contributed by atoms with Gasteiger partial charge in [-0.05, 0) is 51.8 Å². The maximum absolute atomic E-state index is 11.5. The molecule has 0 radical (unpaired) electrons. The van der Waals surface area contributed by atoms with Crippen molar-refractivity contribution >= 4 is 21.9 Å². The molecular formula is C14H11BrO4. The second-order valence-electron chi connectivity index (χ2n) is 4.27. The molecule has 0 saturated heterocycles. The number of esters is 1. The normalized spacial score (nSPS) is 16.8. The minimum absolute atomic E-state index is 0.144. The number of carbonyl (C=O) groups is 1. The fourth-order valence-electron chi connectivity index (χ4n) is 2.15. The van der Waals surface area contributed by atoms with Crippen LogP contribution in [0.15, 0.2) is 39.4 Å². The molecule has 1 atom stereocenters. The van der Waals surface area contributed by atoms with Crippen LogP contribution in [-0.2, 0) is 11.2 Å².